The monoisotopic (exact) mass is 298 g/mol. The number of likely N-dealkylation sites (N-methyl/N-ethyl adjacent to an activating group) is 1. The summed E-state index contributed by atoms with van der Waals surface area (Å²) in [6, 6.07) is 11.7. The van der Waals surface area contributed by atoms with Gasteiger partial charge in [-0.3, -0.25) is 9.69 Å². The molecule has 0 spiro atoms. The van der Waals surface area contributed by atoms with Crippen molar-refractivity contribution < 1.29 is 9.21 Å². The van der Waals surface area contributed by atoms with Crippen molar-refractivity contribution in [2.24, 2.45) is 0 Å². The van der Waals surface area contributed by atoms with Gasteiger partial charge in [0.05, 0.1) is 12.3 Å². The smallest absolute Gasteiger partial charge is 0.243 e. The number of amides is 1. The lowest BCUT2D eigenvalue weighted by Crippen LogP contribution is -2.45. The van der Waals surface area contributed by atoms with Crippen molar-refractivity contribution in [3.8, 4) is 0 Å². The minimum atomic E-state index is -0.147. The summed E-state index contributed by atoms with van der Waals surface area (Å²) in [4.78, 5) is 16.7. The predicted molar refractivity (Wildman–Crippen MR) is 86.8 cm³/mol. The van der Waals surface area contributed by atoms with E-state index in [0.717, 1.165) is 37.4 Å². The lowest BCUT2D eigenvalue weighted by atomic mass is 10.2. The van der Waals surface area contributed by atoms with Gasteiger partial charge in [0, 0.05) is 31.3 Å². The zero-order valence-corrected chi connectivity index (χ0v) is 13.2. The third-order valence-corrected chi connectivity index (χ3v) is 4.44. The molecule has 1 atom stereocenters. The molecule has 116 valence electrons. The molecule has 1 aliphatic heterocycles. The van der Waals surface area contributed by atoms with Gasteiger partial charge < -0.3 is 9.32 Å². The molecule has 1 aromatic heterocycles. The summed E-state index contributed by atoms with van der Waals surface area (Å²) < 4.78 is 5.52. The molecule has 0 saturated heterocycles. The topological polar surface area (TPSA) is 36.7 Å². The zero-order chi connectivity index (χ0) is 15.5. The molecule has 22 heavy (non-hydrogen) atoms. The standard InChI is InChI=1S/C18H22N2O2/c1-14(18(21)19(2)16-7-4-3-5-8-16)20-11-6-9-17-15(13-20)10-12-22-17/h3-5,7-8,10,12,14H,6,9,11,13H2,1-2H3. The van der Waals surface area contributed by atoms with Gasteiger partial charge in [0.1, 0.15) is 5.76 Å². The summed E-state index contributed by atoms with van der Waals surface area (Å²) in [5.41, 5.74) is 2.14. The van der Waals surface area contributed by atoms with Gasteiger partial charge in [0.2, 0.25) is 5.91 Å². The Labute approximate surface area is 131 Å². The van der Waals surface area contributed by atoms with Crippen LogP contribution in [0.15, 0.2) is 47.1 Å². The zero-order valence-electron chi connectivity index (χ0n) is 13.2. The van der Waals surface area contributed by atoms with Crippen molar-refractivity contribution in [2.45, 2.75) is 32.4 Å². The molecule has 0 fully saturated rings. The van der Waals surface area contributed by atoms with Gasteiger partial charge in [-0.05, 0) is 38.1 Å². The van der Waals surface area contributed by atoms with Gasteiger partial charge in [-0.25, -0.2) is 0 Å². The fourth-order valence-electron chi connectivity index (χ4n) is 3.01. The summed E-state index contributed by atoms with van der Waals surface area (Å²) in [5.74, 6) is 1.19. The SMILES string of the molecule is CC(C(=O)N(C)c1ccccc1)N1CCCc2occc2C1. The van der Waals surface area contributed by atoms with Gasteiger partial charge in [-0.15, -0.1) is 0 Å². The van der Waals surface area contributed by atoms with Crippen LogP contribution >= 0.6 is 0 Å². The average molecular weight is 298 g/mol. The number of aryl methyl sites for hydroxylation is 1. The number of rotatable bonds is 3. The summed E-state index contributed by atoms with van der Waals surface area (Å²) in [6.45, 7) is 3.69. The van der Waals surface area contributed by atoms with Gasteiger partial charge >= 0.3 is 0 Å². The Balaban J connectivity index is 1.73. The molecule has 3 rings (SSSR count). The van der Waals surface area contributed by atoms with E-state index in [9.17, 15) is 4.79 Å². The molecular formula is C18H22N2O2. The van der Waals surface area contributed by atoms with Gasteiger partial charge in [0.25, 0.3) is 0 Å². The van der Waals surface area contributed by atoms with Crippen molar-refractivity contribution in [3.05, 3.63) is 54.0 Å². The number of hydrogen-bond acceptors (Lipinski definition) is 3. The predicted octanol–water partition coefficient (Wildman–Crippen LogP) is 3.08. The first-order valence-electron chi connectivity index (χ1n) is 7.78. The molecule has 1 amide bonds. The number of nitrogens with zero attached hydrogens (tertiary/aromatic N) is 2. The van der Waals surface area contributed by atoms with E-state index >= 15 is 0 Å². The molecule has 0 radical (unpaired) electrons. The fraction of sp³-hybridized carbons (Fsp3) is 0.389. The molecule has 0 N–H and O–H groups in total. The third kappa shape index (κ3) is 2.92. The molecule has 1 aromatic carbocycles. The number of furan rings is 1. The van der Waals surface area contributed by atoms with Gasteiger partial charge in [-0.2, -0.15) is 0 Å². The Morgan fingerprint density at radius 3 is 2.82 bits per heavy atom. The van der Waals surface area contributed by atoms with E-state index < -0.39 is 0 Å². The summed E-state index contributed by atoms with van der Waals surface area (Å²) in [6.07, 6.45) is 3.72. The van der Waals surface area contributed by atoms with Gasteiger partial charge in [0.15, 0.2) is 0 Å². The van der Waals surface area contributed by atoms with E-state index in [-0.39, 0.29) is 11.9 Å². The second-order valence-corrected chi connectivity index (χ2v) is 5.85. The average Bonchev–Trinajstić information content (AvgIpc) is 2.90. The Morgan fingerprint density at radius 2 is 2.05 bits per heavy atom. The molecule has 0 saturated carbocycles. The second kappa shape index (κ2) is 6.36. The fourth-order valence-corrected chi connectivity index (χ4v) is 3.01. The van der Waals surface area contributed by atoms with E-state index in [1.54, 1.807) is 11.2 Å². The van der Waals surface area contributed by atoms with Crippen LogP contribution in [-0.2, 0) is 17.8 Å². The molecule has 2 heterocycles. The summed E-state index contributed by atoms with van der Waals surface area (Å²) >= 11 is 0. The Bertz CT molecular complexity index is 636. The summed E-state index contributed by atoms with van der Waals surface area (Å²) in [5, 5.41) is 0. The van der Waals surface area contributed by atoms with Crippen molar-refractivity contribution >= 4 is 11.6 Å². The number of benzene rings is 1. The van der Waals surface area contributed by atoms with Crippen LogP contribution in [0.3, 0.4) is 0 Å². The maximum Gasteiger partial charge on any atom is 0.243 e. The lowest BCUT2D eigenvalue weighted by molar-refractivity contribution is -0.123. The third-order valence-electron chi connectivity index (χ3n) is 4.44. The molecule has 1 unspecified atom stereocenters. The minimum absolute atomic E-state index is 0.123. The quantitative estimate of drug-likeness (QED) is 0.874. The summed E-state index contributed by atoms with van der Waals surface area (Å²) in [7, 11) is 1.84. The molecule has 4 heteroatoms. The van der Waals surface area contributed by atoms with E-state index in [1.165, 1.54) is 5.56 Å². The van der Waals surface area contributed by atoms with Gasteiger partial charge in [-0.1, -0.05) is 18.2 Å². The maximum absolute atomic E-state index is 12.8. The molecule has 0 aliphatic carbocycles. The molecule has 2 aromatic rings. The number of hydrogen-bond donors (Lipinski definition) is 0. The highest BCUT2D eigenvalue weighted by molar-refractivity contribution is 5.96. The first-order valence-corrected chi connectivity index (χ1v) is 7.78. The van der Waals surface area contributed by atoms with Crippen LogP contribution in [0.25, 0.3) is 0 Å². The highest BCUT2D eigenvalue weighted by Gasteiger charge is 2.27. The highest BCUT2D eigenvalue weighted by atomic mass is 16.3. The van der Waals surface area contributed by atoms with Crippen LogP contribution in [0.5, 0.6) is 0 Å². The van der Waals surface area contributed by atoms with Crippen LogP contribution in [0.1, 0.15) is 24.7 Å². The Kier molecular flexibility index (Phi) is 4.29. The largest absolute Gasteiger partial charge is 0.469 e. The highest BCUT2D eigenvalue weighted by Crippen LogP contribution is 2.22. The number of carbonyl (C=O) groups excluding carboxylic acids is 1. The van der Waals surface area contributed by atoms with Crippen molar-refractivity contribution in [1.82, 2.24) is 4.90 Å². The van der Waals surface area contributed by atoms with Crippen molar-refractivity contribution in [1.29, 1.82) is 0 Å². The Hall–Kier alpha value is -2.07. The van der Waals surface area contributed by atoms with Crippen molar-refractivity contribution in [3.63, 3.8) is 0 Å². The molecule has 0 bridgehead atoms. The first kappa shape index (κ1) is 14.9. The number of para-hydroxylation sites is 1. The van der Waals surface area contributed by atoms with E-state index in [4.69, 9.17) is 4.42 Å². The van der Waals surface area contributed by atoms with E-state index in [2.05, 4.69) is 4.90 Å². The minimum Gasteiger partial charge on any atom is -0.469 e. The van der Waals surface area contributed by atoms with Crippen LogP contribution in [0, 0.1) is 0 Å². The van der Waals surface area contributed by atoms with E-state index in [1.807, 2.05) is 50.4 Å². The van der Waals surface area contributed by atoms with E-state index in [0.29, 0.717) is 0 Å². The number of carbonyl (C=O) groups is 1. The van der Waals surface area contributed by atoms with Crippen LogP contribution in [0.4, 0.5) is 5.69 Å². The molecule has 1 aliphatic rings. The Morgan fingerprint density at radius 1 is 1.27 bits per heavy atom. The van der Waals surface area contributed by atoms with Crippen LogP contribution in [-0.4, -0.2) is 30.4 Å². The van der Waals surface area contributed by atoms with Crippen LogP contribution in [0.2, 0.25) is 0 Å². The first-order chi connectivity index (χ1) is 10.7. The molecular weight excluding hydrogens is 276 g/mol. The second-order valence-electron chi connectivity index (χ2n) is 5.85. The number of anilines is 1. The maximum atomic E-state index is 12.8. The molecule has 4 nitrogen and oxygen atoms in total. The number of fused-ring (bicyclic) bond motifs is 1. The van der Waals surface area contributed by atoms with Crippen LogP contribution < -0.4 is 4.90 Å². The van der Waals surface area contributed by atoms with Crippen molar-refractivity contribution in [2.75, 3.05) is 18.5 Å². The normalized spacial score (nSPS) is 16.6. The lowest BCUT2D eigenvalue weighted by Gasteiger charge is -2.30.